The summed E-state index contributed by atoms with van der Waals surface area (Å²) >= 11 is 0. The number of hydrogen-bond acceptors (Lipinski definition) is 5. The van der Waals surface area contributed by atoms with Crippen molar-refractivity contribution in [2.24, 2.45) is 0 Å². The van der Waals surface area contributed by atoms with E-state index in [0.29, 0.717) is 24.9 Å². The first-order valence-electron chi connectivity index (χ1n) is 6.46. The molecule has 2 rings (SSSR count). The molecular formula is C13H20N4O2. The largest absolute Gasteiger partial charge is 0.381 e. The second-order valence-electron chi connectivity index (χ2n) is 4.88. The Balaban J connectivity index is 2.35. The van der Waals surface area contributed by atoms with Crippen LogP contribution in [0.1, 0.15) is 18.7 Å². The summed E-state index contributed by atoms with van der Waals surface area (Å²) in [5, 5.41) is 0. The molecule has 2 heterocycles. The molecule has 0 aromatic carbocycles. The van der Waals surface area contributed by atoms with E-state index >= 15 is 0 Å². The van der Waals surface area contributed by atoms with Crippen LogP contribution in [0.3, 0.4) is 0 Å². The van der Waals surface area contributed by atoms with Gasteiger partial charge in [0.15, 0.2) is 5.82 Å². The van der Waals surface area contributed by atoms with E-state index in [-0.39, 0.29) is 6.04 Å². The number of hydrogen-bond donors (Lipinski definition) is 0. The highest BCUT2D eigenvalue weighted by atomic mass is 16.5. The Bertz CT molecular complexity index is 444. The van der Waals surface area contributed by atoms with Gasteiger partial charge in [-0.2, -0.15) is 0 Å². The molecule has 0 N–H and O–H groups in total. The van der Waals surface area contributed by atoms with Crippen LogP contribution in [0.25, 0.3) is 0 Å². The lowest BCUT2D eigenvalue weighted by molar-refractivity contribution is -0.108. The highest BCUT2D eigenvalue weighted by Crippen LogP contribution is 2.28. The maximum absolute atomic E-state index is 11.5. The van der Waals surface area contributed by atoms with Crippen LogP contribution >= 0.6 is 0 Å². The van der Waals surface area contributed by atoms with Gasteiger partial charge in [0.25, 0.3) is 0 Å². The third-order valence-corrected chi connectivity index (χ3v) is 3.29. The third kappa shape index (κ3) is 3.01. The molecule has 6 nitrogen and oxygen atoms in total. The van der Waals surface area contributed by atoms with E-state index in [9.17, 15) is 4.79 Å². The molecule has 1 aliphatic rings. The van der Waals surface area contributed by atoms with E-state index in [1.165, 1.54) is 0 Å². The number of carbonyl (C=O) groups is 1. The minimum atomic E-state index is 0.152. The molecule has 19 heavy (non-hydrogen) atoms. The Hall–Kier alpha value is -1.69. The standard InChI is InChI=1S/C13H20N4O2/c1-10-14-8-12(16(2)3)13(15-10)17(9-18)11-4-6-19-7-5-11/h8-9,11H,4-7H2,1-3H3. The Morgan fingerprint density at radius 1 is 1.37 bits per heavy atom. The van der Waals surface area contributed by atoms with Crippen LogP contribution in [-0.4, -0.2) is 49.7 Å². The maximum atomic E-state index is 11.5. The van der Waals surface area contributed by atoms with Crippen molar-refractivity contribution in [3.05, 3.63) is 12.0 Å². The first-order chi connectivity index (χ1) is 9.13. The van der Waals surface area contributed by atoms with Crippen LogP contribution in [0.5, 0.6) is 0 Å². The Labute approximate surface area is 113 Å². The Morgan fingerprint density at radius 3 is 2.63 bits per heavy atom. The Morgan fingerprint density at radius 2 is 2.05 bits per heavy atom. The van der Waals surface area contributed by atoms with E-state index in [0.717, 1.165) is 24.9 Å². The van der Waals surface area contributed by atoms with Crippen LogP contribution < -0.4 is 9.80 Å². The average molecular weight is 264 g/mol. The van der Waals surface area contributed by atoms with Gasteiger partial charge in [0.05, 0.1) is 11.9 Å². The zero-order valence-electron chi connectivity index (χ0n) is 11.7. The van der Waals surface area contributed by atoms with E-state index in [2.05, 4.69) is 9.97 Å². The average Bonchev–Trinajstić information content (AvgIpc) is 2.40. The van der Waals surface area contributed by atoms with Gasteiger partial charge in [-0.3, -0.25) is 9.69 Å². The smallest absolute Gasteiger partial charge is 0.215 e. The quantitative estimate of drug-likeness (QED) is 0.759. The van der Waals surface area contributed by atoms with Gasteiger partial charge in [0, 0.05) is 33.4 Å². The van der Waals surface area contributed by atoms with Crippen molar-refractivity contribution >= 4 is 17.9 Å². The normalized spacial score (nSPS) is 16.2. The van der Waals surface area contributed by atoms with Crippen molar-refractivity contribution < 1.29 is 9.53 Å². The van der Waals surface area contributed by atoms with Gasteiger partial charge in [-0.1, -0.05) is 0 Å². The van der Waals surface area contributed by atoms with Crippen molar-refractivity contribution in [2.45, 2.75) is 25.8 Å². The lowest BCUT2D eigenvalue weighted by Gasteiger charge is -2.32. The number of ether oxygens (including phenoxy) is 1. The summed E-state index contributed by atoms with van der Waals surface area (Å²) in [7, 11) is 3.84. The van der Waals surface area contributed by atoms with Crippen LogP contribution in [-0.2, 0) is 9.53 Å². The van der Waals surface area contributed by atoms with Crippen LogP contribution in [0.15, 0.2) is 6.20 Å². The fourth-order valence-electron chi connectivity index (χ4n) is 2.23. The summed E-state index contributed by atoms with van der Waals surface area (Å²) in [4.78, 5) is 23.8. The molecule has 1 fully saturated rings. The summed E-state index contributed by atoms with van der Waals surface area (Å²) in [5.41, 5.74) is 0.851. The molecule has 0 saturated carbocycles. The van der Waals surface area contributed by atoms with E-state index in [4.69, 9.17) is 4.74 Å². The van der Waals surface area contributed by atoms with Crippen molar-refractivity contribution in [3.63, 3.8) is 0 Å². The fourth-order valence-corrected chi connectivity index (χ4v) is 2.23. The van der Waals surface area contributed by atoms with Gasteiger partial charge in [-0.05, 0) is 19.8 Å². The minimum absolute atomic E-state index is 0.152. The van der Waals surface area contributed by atoms with Gasteiger partial charge in [-0.15, -0.1) is 0 Å². The number of amides is 1. The SMILES string of the molecule is Cc1ncc(N(C)C)c(N(C=O)C2CCOCC2)n1. The highest BCUT2D eigenvalue weighted by Gasteiger charge is 2.25. The molecular weight excluding hydrogens is 244 g/mol. The molecule has 1 aromatic heterocycles. The monoisotopic (exact) mass is 264 g/mol. The molecule has 1 aliphatic heterocycles. The minimum Gasteiger partial charge on any atom is -0.381 e. The summed E-state index contributed by atoms with van der Waals surface area (Å²) in [5.74, 6) is 1.35. The van der Waals surface area contributed by atoms with Crippen molar-refractivity contribution in [3.8, 4) is 0 Å². The first kappa shape index (κ1) is 13.7. The molecule has 1 aromatic rings. The predicted octanol–water partition coefficient (Wildman–Crippen LogP) is 0.993. The van der Waals surface area contributed by atoms with Crippen LogP contribution in [0, 0.1) is 6.92 Å². The number of nitrogens with zero attached hydrogens (tertiary/aromatic N) is 4. The summed E-state index contributed by atoms with van der Waals surface area (Å²) in [6.45, 7) is 3.21. The molecule has 0 bridgehead atoms. The zero-order chi connectivity index (χ0) is 13.8. The van der Waals surface area contributed by atoms with Crippen LogP contribution in [0.2, 0.25) is 0 Å². The molecule has 0 spiro atoms. The number of anilines is 2. The number of rotatable bonds is 4. The second kappa shape index (κ2) is 5.97. The highest BCUT2D eigenvalue weighted by molar-refractivity contribution is 5.81. The number of carbonyl (C=O) groups excluding carboxylic acids is 1. The lowest BCUT2D eigenvalue weighted by Crippen LogP contribution is -2.40. The summed E-state index contributed by atoms with van der Waals surface area (Å²) in [6, 6.07) is 0.152. The van der Waals surface area contributed by atoms with E-state index in [1.54, 1.807) is 11.1 Å². The van der Waals surface area contributed by atoms with Crippen molar-refractivity contribution in [1.29, 1.82) is 0 Å². The predicted molar refractivity (Wildman–Crippen MR) is 73.5 cm³/mol. The molecule has 0 radical (unpaired) electrons. The Kier molecular flexibility index (Phi) is 4.31. The van der Waals surface area contributed by atoms with Crippen molar-refractivity contribution in [1.82, 2.24) is 9.97 Å². The number of aromatic nitrogens is 2. The van der Waals surface area contributed by atoms with E-state index in [1.807, 2.05) is 25.9 Å². The third-order valence-electron chi connectivity index (χ3n) is 3.29. The van der Waals surface area contributed by atoms with Gasteiger partial charge in [0.2, 0.25) is 6.41 Å². The van der Waals surface area contributed by atoms with E-state index < -0.39 is 0 Å². The molecule has 6 heteroatoms. The van der Waals surface area contributed by atoms with Gasteiger partial charge < -0.3 is 9.64 Å². The molecule has 1 saturated heterocycles. The van der Waals surface area contributed by atoms with Crippen LogP contribution in [0.4, 0.5) is 11.5 Å². The maximum Gasteiger partial charge on any atom is 0.215 e. The topological polar surface area (TPSA) is 58.6 Å². The van der Waals surface area contributed by atoms with Gasteiger partial charge in [-0.25, -0.2) is 9.97 Å². The zero-order valence-corrected chi connectivity index (χ0v) is 11.7. The van der Waals surface area contributed by atoms with Gasteiger partial charge >= 0.3 is 0 Å². The molecule has 0 aliphatic carbocycles. The van der Waals surface area contributed by atoms with Gasteiger partial charge in [0.1, 0.15) is 5.82 Å². The molecule has 0 atom stereocenters. The summed E-state index contributed by atoms with van der Waals surface area (Å²) in [6.07, 6.45) is 4.31. The fraction of sp³-hybridized carbons (Fsp3) is 0.615. The molecule has 1 amide bonds. The van der Waals surface area contributed by atoms with Crippen molar-refractivity contribution in [2.75, 3.05) is 37.1 Å². The number of aryl methyl sites for hydroxylation is 1. The lowest BCUT2D eigenvalue weighted by atomic mass is 10.1. The molecule has 104 valence electrons. The summed E-state index contributed by atoms with van der Waals surface area (Å²) < 4.78 is 5.35. The molecule has 0 unspecified atom stereocenters. The second-order valence-corrected chi connectivity index (χ2v) is 4.88. The first-order valence-corrected chi connectivity index (χ1v) is 6.46.